The Hall–Kier alpha value is -2.47. The Labute approximate surface area is 122 Å². The van der Waals surface area contributed by atoms with Gasteiger partial charge in [-0.05, 0) is 30.3 Å². The third-order valence-electron chi connectivity index (χ3n) is 2.97. The number of nitrogens with zero attached hydrogens (tertiary/aromatic N) is 1. The van der Waals surface area contributed by atoms with E-state index < -0.39 is 17.6 Å². The van der Waals surface area contributed by atoms with Crippen molar-refractivity contribution in [1.82, 2.24) is 9.97 Å². The molecule has 4 nitrogen and oxygen atoms in total. The minimum atomic E-state index is -1.28. The van der Waals surface area contributed by atoms with Crippen molar-refractivity contribution < 1.29 is 18.7 Å². The molecular weight excluding hydrogens is 302 g/mol. The maximum Gasteiger partial charge on any atom is 0.338 e. The molecule has 3 rings (SSSR count). The SMILES string of the molecule is O=C(O)c1cc(F)cc2[nH]c(-c3ccc(F)c(Cl)c3)nc12. The molecule has 106 valence electrons. The lowest BCUT2D eigenvalue weighted by molar-refractivity contribution is 0.0698. The fourth-order valence-corrected chi connectivity index (χ4v) is 2.21. The van der Waals surface area contributed by atoms with Crippen LogP contribution >= 0.6 is 11.6 Å². The summed E-state index contributed by atoms with van der Waals surface area (Å²) in [5.41, 5.74) is 0.581. The van der Waals surface area contributed by atoms with Gasteiger partial charge in [-0.15, -0.1) is 0 Å². The van der Waals surface area contributed by atoms with Crippen LogP contribution in [0.25, 0.3) is 22.4 Å². The van der Waals surface area contributed by atoms with E-state index in [9.17, 15) is 13.6 Å². The first-order valence-corrected chi connectivity index (χ1v) is 6.21. The smallest absolute Gasteiger partial charge is 0.338 e. The molecule has 1 heterocycles. The molecule has 0 aliphatic heterocycles. The maximum atomic E-state index is 13.4. The summed E-state index contributed by atoms with van der Waals surface area (Å²) in [6.45, 7) is 0. The summed E-state index contributed by atoms with van der Waals surface area (Å²) in [5.74, 6) is -2.27. The monoisotopic (exact) mass is 308 g/mol. The van der Waals surface area contributed by atoms with Crippen LogP contribution in [0.2, 0.25) is 5.02 Å². The van der Waals surface area contributed by atoms with Gasteiger partial charge in [-0.1, -0.05) is 11.6 Å². The van der Waals surface area contributed by atoms with Crippen molar-refractivity contribution in [2.24, 2.45) is 0 Å². The first kappa shape index (κ1) is 13.5. The Morgan fingerprint density at radius 3 is 2.67 bits per heavy atom. The van der Waals surface area contributed by atoms with Crippen molar-refractivity contribution in [3.05, 3.63) is 52.6 Å². The van der Waals surface area contributed by atoms with E-state index in [0.717, 1.165) is 12.1 Å². The average molecular weight is 309 g/mol. The molecule has 2 N–H and O–H groups in total. The lowest BCUT2D eigenvalue weighted by atomic mass is 10.2. The van der Waals surface area contributed by atoms with Crippen molar-refractivity contribution in [3.8, 4) is 11.4 Å². The predicted octanol–water partition coefficient (Wildman–Crippen LogP) is 3.86. The first-order valence-electron chi connectivity index (χ1n) is 5.83. The lowest BCUT2D eigenvalue weighted by Gasteiger charge is -1.98. The topological polar surface area (TPSA) is 66.0 Å². The van der Waals surface area contributed by atoms with Gasteiger partial charge >= 0.3 is 5.97 Å². The van der Waals surface area contributed by atoms with Gasteiger partial charge in [-0.3, -0.25) is 0 Å². The molecule has 7 heteroatoms. The molecule has 0 aliphatic carbocycles. The number of H-pyrrole nitrogens is 1. The second-order valence-corrected chi connectivity index (χ2v) is 4.78. The average Bonchev–Trinajstić information content (AvgIpc) is 2.84. The normalized spacial score (nSPS) is 11.0. The van der Waals surface area contributed by atoms with Crippen LogP contribution < -0.4 is 0 Å². The molecule has 0 saturated carbocycles. The van der Waals surface area contributed by atoms with E-state index in [1.807, 2.05) is 0 Å². The molecule has 0 saturated heterocycles. The van der Waals surface area contributed by atoms with Crippen LogP contribution in [0, 0.1) is 11.6 Å². The van der Waals surface area contributed by atoms with Gasteiger partial charge in [-0.2, -0.15) is 0 Å². The number of carboxylic acids is 1. The van der Waals surface area contributed by atoms with Crippen molar-refractivity contribution in [1.29, 1.82) is 0 Å². The molecule has 0 unspecified atom stereocenters. The van der Waals surface area contributed by atoms with Crippen LogP contribution in [-0.4, -0.2) is 21.0 Å². The predicted molar refractivity (Wildman–Crippen MR) is 73.4 cm³/mol. The van der Waals surface area contributed by atoms with Gasteiger partial charge < -0.3 is 10.1 Å². The van der Waals surface area contributed by atoms with Gasteiger partial charge in [0.2, 0.25) is 0 Å². The molecule has 0 amide bonds. The van der Waals surface area contributed by atoms with Crippen LogP contribution in [-0.2, 0) is 0 Å². The summed E-state index contributed by atoms with van der Waals surface area (Å²) in [7, 11) is 0. The van der Waals surface area contributed by atoms with Gasteiger partial charge in [0, 0.05) is 5.56 Å². The van der Waals surface area contributed by atoms with E-state index in [0.29, 0.717) is 5.56 Å². The molecule has 1 aromatic heterocycles. The van der Waals surface area contributed by atoms with Gasteiger partial charge in [0.05, 0.1) is 16.1 Å². The Morgan fingerprint density at radius 1 is 1.24 bits per heavy atom. The van der Waals surface area contributed by atoms with Crippen LogP contribution in [0.3, 0.4) is 0 Å². The Morgan fingerprint density at radius 2 is 2.00 bits per heavy atom. The summed E-state index contributed by atoms with van der Waals surface area (Å²) in [6.07, 6.45) is 0. The highest BCUT2D eigenvalue weighted by molar-refractivity contribution is 6.31. The zero-order valence-corrected chi connectivity index (χ0v) is 11.1. The molecular formula is C14H7ClF2N2O2. The largest absolute Gasteiger partial charge is 0.478 e. The highest BCUT2D eigenvalue weighted by atomic mass is 35.5. The number of nitrogens with one attached hydrogen (secondary N) is 1. The number of aromatic carboxylic acids is 1. The maximum absolute atomic E-state index is 13.4. The fraction of sp³-hybridized carbons (Fsp3) is 0. The quantitative estimate of drug-likeness (QED) is 0.755. The van der Waals surface area contributed by atoms with Crippen molar-refractivity contribution in [3.63, 3.8) is 0 Å². The van der Waals surface area contributed by atoms with Gasteiger partial charge in [0.25, 0.3) is 0 Å². The highest BCUT2D eigenvalue weighted by Crippen LogP contribution is 2.26. The van der Waals surface area contributed by atoms with Gasteiger partial charge in [-0.25, -0.2) is 18.6 Å². The van der Waals surface area contributed by atoms with Crippen molar-refractivity contribution in [2.45, 2.75) is 0 Å². The second-order valence-electron chi connectivity index (χ2n) is 4.37. The summed E-state index contributed by atoms with van der Waals surface area (Å²) in [6, 6.07) is 6.00. The number of aromatic nitrogens is 2. The Bertz CT molecular complexity index is 877. The lowest BCUT2D eigenvalue weighted by Crippen LogP contribution is -1.98. The summed E-state index contributed by atoms with van der Waals surface area (Å²) in [5, 5.41) is 8.99. The van der Waals surface area contributed by atoms with E-state index in [2.05, 4.69) is 9.97 Å². The number of halogens is 3. The number of benzene rings is 2. The van der Waals surface area contributed by atoms with Crippen LogP contribution in [0.5, 0.6) is 0 Å². The number of imidazole rings is 1. The third-order valence-corrected chi connectivity index (χ3v) is 3.26. The van der Waals surface area contributed by atoms with E-state index >= 15 is 0 Å². The fourth-order valence-electron chi connectivity index (χ4n) is 2.03. The number of fused-ring (bicyclic) bond motifs is 1. The van der Waals surface area contributed by atoms with Gasteiger partial charge in [0.1, 0.15) is 23.0 Å². The van der Waals surface area contributed by atoms with Crippen LogP contribution in [0.1, 0.15) is 10.4 Å². The molecule has 0 bridgehead atoms. The summed E-state index contributed by atoms with van der Waals surface area (Å²) < 4.78 is 26.6. The molecule has 2 aromatic carbocycles. The molecule has 0 radical (unpaired) electrons. The number of carbonyl (C=O) groups is 1. The summed E-state index contributed by atoms with van der Waals surface area (Å²) >= 11 is 5.70. The first-order chi connectivity index (χ1) is 9.95. The molecule has 21 heavy (non-hydrogen) atoms. The number of aromatic amines is 1. The standard InChI is InChI=1S/C14H7ClF2N2O2/c15-9-3-6(1-2-10(9)17)13-18-11-5-7(16)4-8(14(20)21)12(11)19-13/h1-5H,(H,18,19)(H,20,21). The zero-order valence-electron chi connectivity index (χ0n) is 10.3. The van der Waals surface area contributed by atoms with E-state index in [-0.39, 0.29) is 27.4 Å². The van der Waals surface area contributed by atoms with Crippen LogP contribution in [0.15, 0.2) is 30.3 Å². The molecule has 0 spiro atoms. The van der Waals surface area contributed by atoms with E-state index in [1.54, 1.807) is 0 Å². The van der Waals surface area contributed by atoms with Crippen molar-refractivity contribution in [2.75, 3.05) is 0 Å². The minimum absolute atomic E-state index is 0.0856. The van der Waals surface area contributed by atoms with Crippen LogP contribution in [0.4, 0.5) is 8.78 Å². The highest BCUT2D eigenvalue weighted by Gasteiger charge is 2.16. The molecule has 3 aromatic rings. The second kappa shape index (κ2) is 4.82. The molecule has 0 aliphatic rings. The van der Waals surface area contributed by atoms with E-state index in [4.69, 9.17) is 16.7 Å². The van der Waals surface area contributed by atoms with Crippen molar-refractivity contribution >= 4 is 28.6 Å². The molecule has 0 fully saturated rings. The van der Waals surface area contributed by atoms with E-state index in [1.165, 1.54) is 18.2 Å². The third kappa shape index (κ3) is 2.34. The number of hydrogen-bond acceptors (Lipinski definition) is 2. The Balaban J connectivity index is 2.23. The Kier molecular flexibility index (Phi) is 3.10. The zero-order chi connectivity index (χ0) is 15.1. The number of carboxylic acid groups (broad SMARTS) is 1. The number of hydrogen-bond donors (Lipinski definition) is 2. The molecule has 0 atom stereocenters. The summed E-state index contributed by atoms with van der Waals surface area (Å²) in [4.78, 5) is 18.1. The van der Waals surface area contributed by atoms with Gasteiger partial charge in [0.15, 0.2) is 0 Å². The number of rotatable bonds is 2. The minimum Gasteiger partial charge on any atom is -0.478 e.